The maximum Gasteiger partial charge on any atom is 0.418 e. The number of anilines is 2. The van der Waals surface area contributed by atoms with E-state index >= 15 is 0 Å². The van der Waals surface area contributed by atoms with Gasteiger partial charge in [-0.15, -0.1) is 6.58 Å². The highest BCUT2D eigenvalue weighted by Gasteiger charge is 2.33. The summed E-state index contributed by atoms with van der Waals surface area (Å²) >= 11 is 0. The van der Waals surface area contributed by atoms with Crippen molar-refractivity contribution in [2.75, 3.05) is 11.9 Å². The summed E-state index contributed by atoms with van der Waals surface area (Å²) in [6.45, 7) is 3.72. The van der Waals surface area contributed by atoms with Gasteiger partial charge in [-0.05, 0) is 12.1 Å². The third-order valence-electron chi connectivity index (χ3n) is 2.80. The van der Waals surface area contributed by atoms with Crippen LogP contribution in [-0.2, 0) is 6.18 Å². The molecule has 0 aliphatic carbocycles. The quantitative estimate of drug-likeness (QED) is 0.830. The van der Waals surface area contributed by atoms with Crippen LogP contribution in [0.3, 0.4) is 0 Å². The van der Waals surface area contributed by atoms with Gasteiger partial charge in [0.05, 0.1) is 11.3 Å². The highest BCUT2D eigenvalue weighted by molar-refractivity contribution is 5.93. The van der Waals surface area contributed by atoms with Gasteiger partial charge in [-0.3, -0.25) is 4.79 Å². The van der Waals surface area contributed by atoms with E-state index in [1.165, 1.54) is 30.3 Å². The molecule has 0 saturated heterocycles. The van der Waals surface area contributed by atoms with E-state index in [4.69, 9.17) is 0 Å². The number of hydrogen-bond donors (Lipinski definition) is 2. The molecular weight excluding hydrogens is 309 g/mol. The van der Waals surface area contributed by atoms with E-state index < -0.39 is 17.6 Å². The Morgan fingerprint density at radius 1 is 1.26 bits per heavy atom. The standard InChI is InChI=1S/C15H13F3N4O/c1-2-7-19-14(23)12-8-13(21-9-20-12)22-11-6-4-3-5-10(11)15(16,17)18/h2-6,8-9H,1,7H2,(H,19,23)(H,20,21,22). The van der Waals surface area contributed by atoms with E-state index in [2.05, 4.69) is 27.2 Å². The van der Waals surface area contributed by atoms with Crippen molar-refractivity contribution in [2.45, 2.75) is 6.18 Å². The smallest absolute Gasteiger partial charge is 0.347 e. The van der Waals surface area contributed by atoms with Crippen LogP contribution in [0, 0.1) is 0 Å². The van der Waals surface area contributed by atoms with Crippen LogP contribution in [-0.4, -0.2) is 22.4 Å². The van der Waals surface area contributed by atoms with Gasteiger partial charge in [-0.1, -0.05) is 18.2 Å². The molecule has 120 valence electrons. The van der Waals surface area contributed by atoms with Crippen molar-refractivity contribution in [3.05, 3.63) is 60.6 Å². The first-order valence-corrected chi connectivity index (χ1v) is 6.56. The second kappa shape index (κ2) is 6.91. The van der Waals surface area contributed by atoms with Gasteiger partial charge in [0, 0.05) is 12.6 Å². The molecule has 5 nitrogen and oxygen atoms in total. The van der Waals surface area contributed by atoms with Crippen molar-refractivity contribution in [1.82, 2.24) is 15.3 Å². The van der Waals surface area contributed by atoms with Crippen molar-refractivity contribution < 1.29 is 18.0 Å². The number of amides is 1. The van der Waals surface area contributed by atoms with Crippen LogP contribution in [0.4, 0.5) is 24.7 Å². The summed E-state index contributed by atoms with van der Waals surface area (Å²) in [7, 11) is 0. The molecule has 1 aromatic carbocycles. The summed E-state index contributed by atoms with van der Waals surface area (Å²) in [4.78, 5) is 19.4. The van der Waals surface area contributed by atoms with E-state index in [1.54, 1.807) is 0 Å². The molecule has 2 aromatic rings. The number of hydrogen-bond acceptors (Lipinski definition) is 4. The minimum atomic E-state index is -4.50. The van der Waals surface area contributed by atoms with Crippen molar-refractivity contribution >= 4 is 17.4 Å². The zero-order valence-electron chi connectivity index (χ0n) is 11.9. The SMILES string of the molecule is C=CCNC(=O)c1cc(Nc2ccccc2C(F)(F)F)ncn1. The summed E-state index contributed by atoms with van der Waals surface area (Å²) in [5.41, 5.74) is -0.943. The Hall–Kier alpha value is -2.90. The lowest BCUT2D eigenvalue weighted by molar-refractivity contribution is -0.136. The Labute approximate surface area is 130 Å². The molecule has 0 radical (unpaired) electrons. The zero-order chi connectivity index (χ0) is 16.9. The van der Waals surface area contributed by atoms with Crippen molar-refractivity contribution in [3.63, 3.8) is 0 Å². The number of alkyl halides is 3. The number of benzene rings is 1. The van der Waals surface area contributed by atoms with Crippen LogP contribution < -0.4 is 10.6 Å². The van der Waals surface area contributed by atoms with E-state index in [1.807, 2.05) is 0 Å². The largest absolute Gasteiger partial charge is 0.418 e. The van der Waals surface area contributed by atoms with Crippen LogP contribution in [0.5, 0.6) is 0 Å². The molecule has 1 heterocycles. The molecule has 1 amide bonds. The van der Waals surface area contributed by atoms with Gasteiger partial charge in [0.1, 0.15) is 17.8 Å². The second-order valence-electron chi connectivity index (χ2n) is 4.46. The molecule has 2 N–H and O–H groups in total. The molecule has 0 aliphatic heterocycles. The summed E-state index contributed by atoms with van der Waals surface area (Å²) in [5, 5.41) is 5.08. The van der Waals surface area contributed by atoms with Gasteiger partial charge in [0.15, 0.2) is 0 Å². The minimum absolute atomic E-state index is 0.0360. The Bertz CT molecular complexity index is 716. The number of rotatable bonds is 5. The number of carbonyl (C=O) groups is 1. The molecule has 8 heteroatoms. The Morgan fingerprint density at radius 2 is 2.00 bits per heavy atom. The van der Waals surface area contributed by atoms with Gasteiger partial charge in [0.2, 0.25) is 0 Å². The predicted molar refractivity (Wildman–Crippen MR) is 79.3 cm³/mol. The van der Waals surface area contributed by atoms with Crippen LogP contribution in [0.15, 0.2) is 49.3 Å². The normalized spacial score (nSPS) is 10.9. The molecular formula is C15H13F3N4O. The molecule has 0 fully saturated rings. The Balaban J connectivity index is 2.25. The van der Waals surface area contributed by atoms with E-state index in [9.17, 15) is 18.0 Å². The van der Waals surface area contributed by atoms with Gasteiger partial charge in [0.25, 0.3) is 5.91 Å². The fourth-order valence-corrected chi connectivity index (χ4v) is 1.78. The van der Waals surface area contributed by atoms with E-state index in [0.29, 0.717) is 0 Å². The highest BCUT2D eigenvalue weighted by atomic mass is 19.4. The molecule has 2 rings (SSSR count). The van der Waals surface area contributed by atoms with Crippen LogP contribution >= 0.6 is 0 Å². The van der Waals surface area contributed by atoms with E-state index in [0.717, 1.165) is 12.4 Å². The first-order chi connectivity index (χ1) is 10.9. The maximum absolute atomic E-state index is 13.0. The molecule has 0 spiro atoms. The number of carbonyl (C=O) groups excluding carboxylic acids is 1. The molecule has 1 aromatic heterocycles. The lowest BCUT2D eigenvalue weighted by atomic mass is 10.1. The van der Waals surface area contributed by atoms with Gasteiger partial charge >= 0.3 is 6.18 Å². The second-order valence-corrected chi connectivity index (χ2v) is 4.46. The molecule has 0 saturated carbocycles. The number of nitrogens with one attached hydrogen (secondary N) is 2. The summed E-state index contributed by atoms with van der Waals surface area (Å²) < 4.78 is 38.9. The average molecular weight is 322 g/mol. The number of aromatic nitrogens is 2. The zero-order valence-corrected chi connectivity index (χ0v) is 11.9. The average Bonchev–Trinajstić information content (AvgIpc) is 2.52. The third kappa shape index (κ3) is 4.29. The molecule has 0 bridgehead atoms. The maximum atomic E-state index is 13.0. The fraction of sp³-hybridized carbons (Fsp3) is 0.133. The molecule has 0 aliphatic rings. The minimum Gasteiger partial charge on any atom is -0.347 e. The van der Waals surface area contributed by atoms with Gasteiger partial charge < -0.3 is 10.6 Å². The molecule has 0 atom stereocenters. The molecule has 23 heavy (non-hydrogen) atoms. The predicted octanol–water partition coefficient (Wildman–Crippen LogP) is 3.15. The topological polar surface area (TPSA) is 66.9 Å². The summed E-state index contributed by atoms with van der Waals surface area (Å²) in [6.07, 6.45) is -1.90. The lowest BCUT2D eigenvalue weighted by Crippen LogP contribution is -2.24. The van der Waals surface area contributed by atoms with Crippen LogP contribution in [0.2, 0.25) is 0 Å². The summed E-state index contributed by atoms with van der Waals surface area (Å²) in [5.74, 6) is -0.389. The van der Waals surface area contributed by atoms with E-state index in [-0.39, 0.29) is 23.7 Å². The van der Waals surface area contributed by atoms with Crippen molar-refractivity contribution in [3.8, 4) is 0 Å². The van der Waals surface area contributed by atoms with Crippen LogP contribution in [0.25, 0.3) is 0 Å². The van der Waals surface area contributed by atoms with Gasteiger partial charge in [-0.25, -0.2) is 9.97 Å². The monoisotopic (exact) mass is 322 g/mol. The van der Waals surface area contributed by atoms with Gasteiger partial charge in [-0.2, -0.15) is 13.2 Å². The number of para-hydroxylation sites is 1. The Kier molecular flexibility index (Phi) is 4.95. The third-order valence-corrected chi connectivity index (χ3v) is 2.80. The number of halogens is 3. The van der Waals surface area contributed by atoms with Crippen molar-refractivity contribution in [1.29, 1.82) is 0 Å². The first kappa shape index (κ1) is 16.5. The fourth-order valence-electron chi connectivity index (χ4n) is 1.78. The Morgan fingerprint density at radius 3 is 2.70 bits per heavy atom. The summed E-state index contributed by atoms with van der Waals surface area (Å²) in [6, 6.07) is 6.27. The highest BCUT2D eigenvalue weighted by Crippen LogP contribution is 2.35. The number of nitrogens with zero attached hydrogens (tertiary/aromatic N) is 2. The van der Waals surface area contributed by atoms with Crippen molar-refractivity contribution in [2.24, 2.45) is 0 Å². The van der Waals surface area contributed by atoms with Crippen LogP contribution in [0.1, 0.15) is 16.1 Å². The lowest BCUT2D eigenvalue weighted by Gasteiger charge is -2.14. The molecule has 0 unspecified atom stereocenters. The first-order valence-electron chi connectivity index (χ1n) is 6.56.